The maximum Gasteiger partial charge on any atom is 0.224 e. The van der Waals surface area contributed by atoms with Crippen molar-refractivity contribution in [3.05, 3.63) is 42.1 Å². The lowest BCUT2D eigenvalue weighted by atomic mass is 10.2. The third-order valence-electron chi connectivity index (χ3n) is 2.60. The summed E-state index contributed by atoms with van der Waals surface area (Å²) < 4.78 is 5.19. The Kier molecular flexibility index (Phi) is 4.55. The Bertz CT molecular complexity index is 530. The predicted octanol–water partition coefficient (Wildman–Crippen LogP) is 2.53. The average molecular weight is 258 g/mol. The van der Waals surface area contributed by atoms with Crippen LogP contribution >= 0.6 is 0 Å². The zero-order chi connectivity index (χ0) is 13.5. The molecule has 5 nitrogen and oxygen atoms in total. The van der Waals surface area contributed by atoms with Crippen LogP contribution in [0, 0.1) is 0 Å². The van der Waals surface area contributed by atoms with Crippen LogP contribution < -0.4 is 15.4 Å². The summed E-state index contributed by atoms with van der Waals surface area (Å²) in [6.45, 7) is 3.51. The highest BCUT2D eigenvalue weighted by molar-refractivity contribution is 5.40. The molecule has 1 heterocycles. The predicted molar refractivity (Wildman–Crippen MR) is 76.5 cm³/mol. The number of methoxy groups -OCH3 is 1. The molecule has 1 aromatic carbocycles. The minimum absolute atomic E-state index is 0.637. The highest BCUT2D eigenvalue weighted by atomic mass is 16.5. The summed E-state index contributed by atoms with van der Waals surface area (Å²) in [4.78, 5) is 8.48. The molecule has 5 heteroatoms. The van der Waals surface area contributed by atoms with E-state index >= 15 is 0 Å². The number of hydrogen-bond acceptors (Lipinski definition) is 5. The molecule has 100 valence electrons. The van der Waals surface area contributed by atoms with Crippen LogP contribution in [-0.4, -0.2) is 23.6 Å². The molecule has 0 atom stereocenters. The van der Waals surface area contributed by atoms with E-state index in [4.69, 9.17) is 4.74 Å². The summed E-state index contributed by atoms with van der Waals surface area (Å²) in [6, 6.07) is 9.79. The number of nitrogens with zero attached hydrogens (tertiary/aromatic N) is 2. The molecule has 0 aliphatic rings. The van der Waals surface area contributed by atoms with Crippen LogP contribution in [0.4, 0.5) is 11.8 Å². The van der Waals surface area contributed by atoms with Crippen molar-refractivity contribution in [1.82, 2.24) is 9.97 Å². The normalized spacial score (nSPS) is 10.0. The smallest absolute Gasteiger partial charge is 0.224 e. The van der Waals surface area contributed by atoms with Crippen LogP contribution in [0.1, 0.15) is 12.5 Å². The highest BCUT2D eigenvalue weighted by Gasteiger charge is 1.99. The van der Waals surface area contributed by atoms with E-state index in [1.165, 1.54) is 0 Å². The number of nitrogens with one attached hydrogen (secondary N) is 2. The van der Waals surface area contributed by atoms with Crippen molar-refractivity contribution in [2.45, 2.75) is 13.5 Å². The van der Waals surface area contributed by atoms with Crippen molar-refractivity contribution < 1.29 is 4.74 Å². The number of rotatable bonds is 6. The number of hydrogen-bond donors (Lipinski definition) is 2. The van der Waals surface area contributed by atoms with Crippen molar-refractivity contribution in [3.63, 3.8) is 0 Å². The summed E-state index contributed by atoms with van der Waals surface area (Å²) in [5.74, 6) is 2.29. The van der Waals surface area contributed by atoms with E-state index in [1.54, 1.807) is 13.3 Å². The zero-order valence-electron chi connectivity index (χ0n) is 11.2. The Labute approximate surface area is 113 Å². The average Bonchev–Trinajstić information content (AvgIpc) is 2.46. The molecule has 1 aromatic heterocycles. The van der Waals surface area contributed by atoms with Gasteiger partial charge in [-0.15, -0.1) is 0 Å². The molecule has 2 aromatic rings. The molecule has 0 saturated carbocycles. The van der Waals surface area contributed by atoms with Gasteiger partial charge in [-0.1, -0.05) is 12.1 Å². The topological polar surface area (TPSA) is 59.1 Å². The van der Waals surface area contributed by atoms with E-state index in [9.17, 15) is 0 Å². The first-order valence-electron chi connectivity index (χ1n) is 6.25. The van der Waals surface area contributed by atoms with Crippen molar-refractivity contribution in [3.8, 4) is 5.75 Å². The van der Waals surface area contributed by atoms with Gasteiger partial charge in [0, 0.05) is 19.3 Å². The number of aromatic nitrogens is 2. The second-order valence-corrected chi connectivity index (χ2v) is 4.00. The van der Waals surface area contributed by atoms with Gasteiger partial charge in [0.25, 0.3) is 0 Å². The summed E-state index contributed by atoms with van der Waals surface area (Å²) in [7, 11) is 1.67. The van der Waals surface area contributed by atoms with E-state index in [0.29, 0.717) is 12.5 Å². The van der Waals surface area contributed by atoms with Crippen molar-refractivity contribution in [2.24, 2.45) is 0 Å². The van der Waals surface area contributed by atoms with E-state index in [0.717, 1.165) is 23.7 Å². The lowest BCUT2D eigenvalue weighted by Gasteiger charge is -2.08. The molecule has 0 spiro atoms. The van der Waals surface area contributed by atoms with Crippen LogP contribution in [-0.2, 0) is 6.54 Å². The molecule has 0 aliphatic carbocycles. The second kappa shape index (κ2) is 6.58. The molecule has 0 saturated heterocycles. The van der Waals surface area contributed by atoms with Gasteiger partial charge in [-0.05, 0) is 30.7 Å². The van der Waals surface area contributed by atoms with E-state index < -0.39 is 0 Å². The van der Waals surface area contributed by atoms with Crippen molar-refractivity contribution >= 4 is 11.8 Å². The summed E-state index contributed by atoms with van der Waals surface area (Å²) >= 11 is 0. The van der Waals surface area contributed by atoms with Crippen molar-refractivity contribution in [2.75, 3.05) is 24.3 Å². The Morgan fingerprint density at radius 2 is 2.11 bits per heavy atom. The summed E-state index contributed by atoms with van der Waals surface area (Å²) in [6.07, 6.45) is 1.74. The minimum atomic E-state index is 0.637. The van der Waals surface area contributed by atoms with Gasteiger partial charge in [0.2, 0.25) is 5.95 Å². The SMILES string of the molecule is CCNc1nccc(NCc2cccc(OC)c2)n1. The molecule has 0 unspecified atom stereocenters. The molecular weight excluding hydrogens is 240 g/mol. The van der Waals surface area contributed by atoms with Crippen LogP contribution in [0.15, 0.2) is 36.5 Å². The largest absolute Gasteiger partial charge is 0.497 e. The fourth-order valence-corrected chi connectivity index (χ4v) is 1.68. The Hall–Kier alpha value is -2.30. The van der Waals surface area contributed by atoms with Gasteiger partial charge < -0.3 is 15.4 Å². The molecule has 0 bridgehead atoms. The first kappa shape index (κ1) is 13.1. The van der Waals surface area contributed by atoms with E-state index in [-0.39, 0.29) is 0 Å². The standard InChI is InChI=1S/C14H18N4O/c1-3-15-14-16-8-7-13(18-14)17-10-11-5-4-6-12(9-11)19-2/h4-9H,3,10H2,1-2H3,(H2,15,16,17,18). The van der Waals surface area contributed by atoms with Gasteiger partial charge in [-0.3, -0.25) is 0 Å². The molecule has 19 heavy (non-hydrogen) atoms. The van der Waals surface area contributed by atoms with Gasteiger partial charge in [0.05, 0.1) is 7.11 Å². The highest BCUT2D eigenvalue weighted by Crippen LogP contribution is 2.14. The summed E-state index contributed by atoms with van der Waals surface area (Å²) in [5, 5.41) is 6.35. The third kappa shape index (κ3) is 3.84. The Balaban J connectivity index is 1.99. The van der Waals surface area contributed by atoms with Crippen LogP contribution in [0.3, 0.4) is 0 Å². The fraction of sp³-hybridized carbons (Fsp3) is 0.286. The third-order valence-corrected chi connectivity index (χ3v) is 2.60. The maximum absolute atomic E-state index is 5.19. The first-order valence-corrected chi connectivity index (χ1v) is 6.25. The lowest BCUT2D eigenvalue weighted by molar-refractivity contribution is 0.414. The van der Waals surface area contributed by atoms with Gasteiger partial charge >= 0.3 is 0 Å². The first-order chi connectivity index (χ1) is 9.31. The Morgan fingerprint density at radius 1 is 1.21 bits per heavy atom. The second-order valence-electron chi connectivity index (χ2n) is 4.00. The van der Waals surface area contributed by atoms with Crippen LogP contribution in [0.2, 0.25) is 0 Å². The monoisotopic (exact) mass is 258 g/mol. The molecule has 0 amide bonds. The van der Waals surface area contributed by atoms with E-state index in [2.05, 4.69) is 20.6 Å². The summed E-state index contributed by atoms with van der Waals surface area (Å²) in [5.41, 5.74) is 1.14. The number of anilines is 2. The van der Waals surface area contributed by atoms with Crippen LogP contribution in [0.5, 0.6) is 5.75 Å². The van der Waals surface area contributed by atoms with Crippen molar-refractivity contribution in [1.29, 1.82) is 0 Å². The maximum atomic E-state index is 5.19. The molecule has 2 rings (SSSR count). The number of benzene rings is 1. The quantitative estimate of drug-likeness (QED) is 0.833. The Morgan fingerprint density at radius 3 is 2.89 bits per heavy atom. The van der Waals surface area contributed by atoms with Crippen LogP contribution in [0.25, 0.3) is 0 Å². The van der Waals surface area contributed by atoms with E-state index in [1.807, 2.05) is 37.3 Å². The van der Waals surface area contributed by atoms with Gasteiger partial charge in [0.1, 0.15) is 11.6 Å². The zero-order valence-corrected chi connectivity index (χ0v) is 11.2. The molecule has 2 N–H and O–H groups in total. The van der Waals surface area contributed by atoms with Gasteiger partial charge in [-0.25, -0.2) is 4.98 Å². The minimum Gasteiger partial charge on any atom is -0.497 e. The molecular formula is C14H18N4O. The van der Waals surface area contributed by atoms with Gasteiger partial charge in [-0.2, -0.15) is 4.98 Å². The fourth-order valence-electron chi connectivity index (χ4n) is 1.68. The van der Waals surface area contributed by atoms with Gasteiger partial charge in [0.15, 0.2) is 0 Å². The molecule has 0 radical (unpaired) electrons. The molecule has 0 fully saturated rings. The lowest BCUT2D eigenvalue weighted by Crippen LogP contribution is -2.06. The molecule has 0 aliphatic heterocycles. The number of ether oxygens (including phenoxy) is 1.